The third kappa shape index (κ3) is 2.53. The number of phenolic OH excluding ortho intramolecular Hbond substituents is 1. The normalized spacial score (nSPS) is 16.6. The lowest BCUT2D eigenvalue weighted by molar-refractivity contribution is 0.0916. The lowest BCUT2D eigenvalue weighted by Gasteiger charge is -2.26. The van der Waals surface area contributed by atoms with Crippen LogP contribution in [0.25, 0.3) is 10.6 Å². The number of nitrogens with zero attached hydrogens (tertiary/aromatic N) is 1. The van der Waals surface area contributed by atoms with E-state index >= 15 is 0 Å². The minimum Gasteiger partial charge on any atom is -0.504 e. The number of benzene rings is 1. The van der Waals surface area contributed by atoms with Crippen LogP contribution in [0, 0.1) is 5.41 Å². The van der Waals surface area contributed by atoms with Crippen LogP contribution in [-0.4, -0.2) is 23.0 Å². The van der Waals surface area contributed by atoms with Crippen molar-refractivity contribution in [3.63, 3.8) is 0 Å². The number of carbonyl (C=O) groups excluding carboxylic acids is 1. The van der Waals surface area contributed by atoms with Crippen molar-refractivity contribution in [2.24, 2.45) is 5.41 Å². The van der Waals surface area contributed by atoms with Crippen LogP contribution < -0.4 is 4.74 Å². The molecule has 0 unspecified atom stereocenters. The largest absolute Gasteiger partial charge is 0.504 e. The summed E-state index contributed by atoms with van der Waals surface area (Å²) in [6.07, 6.45) is 1.38. The first kappa shape index (κ1) is 14.1. The minimum atomic E-state index is -0.0303. The molecule has 0 fully saturated rings. The Bertz CT molecular complexity index is 718. The van der Waals surface area contributed by atoms with Gasteiger partial charge in [-0.2, -0.15) is 0 Å². The molecule has 1 heterocycles. The van der Waals surface area contributed by atoms with Gasteiger partial charge in [-0.1, -0.05) is 13.8 Å². The zero-order valence-corrected chi connectivity index (χ0v) is 13.1. The second-order valence-corrected chi connectivity index (χ2v) is 7.12. The van der Waals surface area contributed by atoms with Crippen LogP contribution in [0.1, 0.15) is 35.6 Å². The first-order valence-corrected chi connectivity index (χ1v) is 7.61. The molecule has 3 rings (SSSR count). The number of ether oxygens (including phenoxy) is 1. The summed E-state index contributed by atoms with van der Waals surface area (Å²) in [7, 11) is 1.51. The number of fused-ring (bicyclic) bond motifs is 1. The van der Waals surface area contributed by atoms with Gasteiger partial charge in [-0.3, -0.25) is 4.79 Å². The number of rotatable bonds is 2. The molecular formula is C16H17NO3S. The second kappa shape index (κ2) is 4.84. The van der Waals surface area contributed by atoms with E-state index in [1.54, 1.807) is 12.1 Å². The summed E-state index contributed by atoms with van der Waals surface area (Å²) in [5.74, 6) is 0.676. The monoisotopic (exact) mass is 303 g/mol. The predicted octanol–water partition coefficient (Wildman–Crippen LogP) is 3.68. The smallest absolute Gasteiger partial charge is 0.175 e. The van der Waals surface area contributed by atoms with E-state index in [0.717, 1.165) is 27.6 Å². The molecule has 2 aromatic rings. The molecule has 1 aromatic carbocycles. The molecule has 1 aliphatic carbocycles. The molecule has 0 amide bonds. The number of aromatic nitrogens is 1. The Morgan fingerprint density at radius 1 is 1.33 bits per heavy atom. The Morgan fingerprint density at radius 3 is 2.76 bits per heavy atom. The van der Waals surface area contributed by atoms with E-state index in [2.05, 4.69) is 18.8 Å². The van der Waals surface area contributed by atoms with Crippen molar-refractivity contribution in [2.75, 3.05) is 7.11 Å². The molecule has 4 nitrogen and oxygen atoms in total. The molecule has 5 heteroatoms. The fraction of sp³-hybridized carbons (Fsp3) is 0.375. The summed E-state index contributed by atoms with van der Waals surface area (Å²) in [5.41, 5.74) is 1.65. The van der Waals surface area contributed by atoms with Crippen molar-refractivity contribution >= 4 is 17.1 Å². The van der Waals surface area contributed by atoms with Gasteiger partial charge in [-0.15, -0.1) is 11.3 Å². The molecule has 0 aliphatic heterocycles. The number of hydrogen-bond donors (Lipinski definition) is 1. The highest BCUT2D eigenvalue weighted by molar-refractivity contribution is 7.17. The standard InChI is InChI=1S/C16H17NO3S/c1-16(2)7-10-14(12(19)8-16)21-15(17-10)9-4-5-13(20-3)11(18)6-9/h4-6,18H,7-8H2,1-3H3. The Hall–Kier alpha value is -1.88. The van der Waals surface area contributed by atoms with Gasteiger partial charge in [0, 0.05) is 12.0 Å². The highest BCUT2D eigenvalue weighted by Gasteiger charge is 2.34. The van der Waals surface area contributed by atoms with Crippen LogP contribution in [-0.2, 0) is 6.42 Å². The minimum absolute atomic E-state index is 0.0303. The molecule has 21 heavy (non-hydrogen) atoms. The van der Waals surface area contributed by atoms with Crippen molar-refractivity contribution < 1.29 is 14.6 Å². The Labute approximate surface area is 127 Å². The number of phenols is 1. The maximum absolute atomic E-state index is 12.2. The highest BCUT2D eigenvalue weighted by atomic mass is 32.1. The number of thiazole rings is 1. The Kier molecular flexibility index (Phi) is 3.24. The Balaban J connectivity index is 2.02. The maximum atomic E-state index is 12.2. The van der Waals surface area contributed by atoms with Crippen molar-refractivity contribution in [3.05, 3.63) is 28.8 Å². The van der Waals surface area contributed by atoms with E-state index < -0.39 is 0 Å². The van der Waals surface area contributed by atoms with Crippen LogP contribution in [0.5, 0.6) is 11.5 Å². The molecule has 1 aliphatic rings. The number of hydrogen-bond acceptors (Lipinski definition) is 5. The summed E-state index contributed by atoms with van der Waals surface area (Å²) >= 11 is 1.41. The SMILES string of the molecule is COc1ccc(-c2nc3c(s2)C(=O)CC(C)(C)C3)cc1O. The maximum Gasteiger partial charge on any atom is 0.175 e. The number of methoxy groups -OCH3 is 1. The summed E-state index contributed by atoms with van der Waals surface area (Å²) in [6, 6.07) is 5.17. The Morgan fingerprint density at radius 2 is 2.10 bits per heavy atom. The number of carbonyl (C=O) groups is 1. The van der Waals surface area contributed by atoms with Crippen LogP contribution in [0.15, 0.2) is 18.2 Å². The third-order valence-corrected chi connectivity index (χ3v) is 4.85. The van der Waals surface area contributed by atoms with Gasteiger partial charge in [0.1, 0.15) is 5.01 Å². The molecule has 1 aromatic heterocycles. The van der Waals surface area contributed by atoms with E-state index in [9.17, 15) is 9.90 Å². The zero-order chi connectivity index (χ0) is 15.2. The lowest BCUT2D eigenvalue weighted by atomic mass is 9.78. The molecule has 110 valence electrons. The van der Waals surface area contributed by atoms with E-state index in [-0.39, 0.29) is 16.9 Å². The van der Waals surface area contributed by atoms with Crippen LogP contribution in [0.2, 0.25) is 0 Å². The van der Waals surface area contributed by atoms with E-state index in [1.807, 2.05) is 6.07 Å². The van der Waals surface area contributed by atoms with Crippen molar-refractivity contribution in [1.82, 2.24) is 4.98 Å². The molecule has 0 bridgehead atoms. The van der Waals surface area contributed by atoms with Gasteiger partial charge in [0.25, 0.3) is 0 Å². The summed E-state index contributed by atoms with van der Waals surface area (Å²) in [5, 5.41) is 10.6. The van der Waals surface area contributed by atoms with Crippen molar-refractivity contribution in [2.45, 2.75) is 26.7 Å². The average molecular weight is 303 g/mol. The topological polar surface area (TPSA) is 59.4 Å². The fourth-order valence-corrected chi connectivity index (χ4v) is 3.68. The molecule has 0 saturated heterocycles. The fourth-order valence-electron chi connectivity index (χ4n) is 2.67. The zero-order valence-electron chi connectivity index (χ0n) is 12.3. The van der Waals surface area contributed by atoms with Gasteiger partial charge < -0.3 is 9.84 Å². The first-order valence-electron chi connectivity index (χ1n) is 6.80. The van der Waals surface area contributed by atoms with Crippen molar-refractivity contribution in [1.29, 1.82) is 0 Å². The van der Waals surface area contributed by atoms with Gasteiger partial charge >= 0.3 is 0 Å². The first-order chi connectivity index (χ1) is 9.89. The van der Waals surface area contributed by atoms with Crippen LogP contribution in [0.4, 0.5) is 0 Å². The van der Waals surface area contributed by atoms with Gasteiger partial charge in [0.15, 0.2) is 17.3 Å². The lowest BCUT2D eigenvalue weighted by Crippen LogP contribution is -2.25. The van der Waals surface area contributed by atoms with E-state index in [0.29, 0.717) is 12.2 Å². The van der Waals surface area contributed by atoms with E-state index in [1.165, 1.54) is 18.4 Å². The van der Waals surface area contributed by atoms with Gasteiger partial charge in [-0.05, 0) is 30.0 Å². The predicted molar refractivity (Wildman–Crippen MR) is 82.2 cm³/mol. The third-order valence-electron chi connectivity index (χ3n) is 3.66. The highest BCUT2D eigenvalue weighted by Crippen LogP contribution is 2.40. The second-order valence-electron chi connectivity index (χ2n) is 6.12. The molecule has 0 radical (unpaired) electrons. The summed E-state index contributed by atoms with van der Waals surface area (Å²) in [6.45, 7) is 4.18. The van der Waals surface area contributed by atoms with Gasteiger partial charge in [-0.25, -0.2) is 4.98 Å². The van der Waals surface area contributed by atoms with Gasteiger partial charge in [0.05, 0.1) is 17.7 Å². The molecular weight excluding hydrogens is 286 g/mol. The average Bonchev–Trinajstić information content (AvgIpc) is 2.81. The molecule has 0 atom stereocenters. The number of ketones is 1. The molecule has 0 spiro atoms. The number of Topliss-reactive ketones (excluding diaryl/α,β-unsaturated/α-hetero) is 1. The summed E-state index contributed by atoms with van der Waals surface area (Å²) < 4.78 is 5.04. The molecule has 0 saturated carbocycles. The quantitative estimate of drug-likeness (QED) is 0.919. The van der Waals surface area contributed by atoms with Crippen LogP contribution >= 0.6 is 11.3 Å². The van der Waals surface area contributed by atoms with E-state index in [4.69, 9.17) is 4.74 Å². The van der Waals surface area contributed by atoms with Gasteiger partial charge in [0.2, 0.25) is 0 Å². The molecule has 1 N–H and O–H groups in total. The van der Waals surface area contributed by atoms with Crippen LogP contribution in [0.3, 0.4) is 0 Å². The van der Waals surface area contributed by atoms with Crippen molar-refractivity contribution in [3.8, 4) is 22.1 Å². The summed E-state index contributed by atoms with van der Waals surface area (Å²) in [4.78, 5) is 17.6. The number of aromatic hydroxyl groups is 1.